The highest BCUT2D eigenvalue weighted by Crippen LogP contribution is 2.46. The third-order valence-electron chi connectivity index (χ3n) is 2.64. The molecule has 0 radical (unpaired) electrons. The molecule has 1 aromatic carbocycles. The Kier molecular flexibility index (Phi) is 2.22. The van der Waals surface area contributed by atoms with E-state index in [0.29, 0.717) is 0 Å². The number of benzene rings is 1. The number of hydrogen-bond donors (Lipinski definition) is 0. The lowest BCUT2D eigenvalue weighted by Crippen LogP contribution is -2.57. The van der Waals surface area contributed by atoms with Gasteiger partial charge >= 0.3 is 6.18 Å². The van der Waals surface area contributed by atoms with Crippen LogP contribution in [0.15, 0.2) is 24.3 Å². The van der Waals surface area contributed by atoms with Gasteiger partial charge in [-0.1, -0.05) is 12.1 Å². The maximum atomic E-state index is 12.8. The second-order valence-corrected chi connectivity index (χ2v) is 3.58. The van der Waals surface area contributed by atoms with E-state index >= 15 is 0 Å². The molecule has 0 bridgehead atoms. The van der Waals surface area contributed by atoms with E-state index in [1.54, 1.807) is 0 Å². The van der Waals surface area contributed by atoms with Crippen LogP contribution in [0.1, 0.15) is 5.56 Å². The first kappa shape index (κ1) is 10.4. The molecule has 0 spiro atoms. The molecule has 0 unspecified atom stereocenters. The molecule has 82 valence electrons. The first-order valence-electron chi connectivity index (χ1n) is 4.36. The average Bonchev–Trinajstić information content (AvgIpc) is 2.03. The second-order valence-electron chi connectivity index (χ2n) is 3.58. The van der Waals surface area contributed by atoms with Crippen LogP contribution in [0.3, 0.4) is 0 Å². The van der Waals surface area contributed by atoms with Crippen LogP contribution in [0, 0.1) is 5.82 Å². The molecular formula is C10H8F4O. The largest absolute Gasteiger partial charge is 0.402 e. The van der Waals surface area contributed by atoms with Gasteiger partial charge in [-0.05, 0) is 17.7 Å². The lowest BCUT2D eigenvalue weighted by Gasteiger charge is -2.42. The highest BCUT2D eigenvalue weighted by atomic mass is 19.4. The quantitative estimate of drug-likeness (QED) is 0.661. The molecule has 15 heavy (non-hydrogen) atoms. The van der Waals surface area contributed by atoms with Crippen molar-refractivity contribution in [3.63, 3.8) is 0 Å². The van der Waals surface area contributed by atoms with Crippen LogP contribution in [-0.2, 0) is 10.2 Å². The van der Waals surface area contributed by atoms with Crippen LogP contribution in [-0.4, -0.2) is 19.4 Å². The topological polar surface area (TPSA) is 9.23 Å². The number of hydrogen-bond acceptors (Lipinski definition) is 1. The Hall–Kier alpha value is -1.10. The van der Waals surface area contributed by atoms with Gasteiger partial charge in [0.15, 0.2) is 0 Å². The molecule has 1 heterocycles. The minimum atomic E-state index is -4.36. The summed E-state index contributed by atoms with van der Waals surface area (Å²) >= 11 is 0. The molecular weight excluding hydrogens is 212 g/mol. The number of halogens is 4. The predicted octanol–water partition coefficient (Wildman–Crippen LogP) is 2.66. The summed E-state index contributed by atoms with van der Waals surface area (Å²) in [5, 5.41) is 0. The smallest absolute Gasteiger partial charge is 0.379 e. The van der Waals surface area contributed by atoms with Crippen molar-refractivity contribution in [1.82, 2.24) is 0 Å². The highest BCUT2D eigenvalue weighted by molar-refractivity contribution is 5.30. The van der Waals surface area contributed by atoms with Crippen molar-refractivity contribution < 1.29 is 22.3 Å². The summed E-state index contributed by atoms with van der Waals surface area (Å²) in [5.41, 5.74) is -1.89. The Labute approximate surface area is 83.7 Å². The van der Waals surface area contributed by atoms with Crippen molar-refractivity contribution >= 4 is 0 Å². The van der Waals surface area contributed by atoms with E-state index in [4.69, 9.17) is 0 Å². The summed E-state index contributed by atoms with van der Waals surface area (Å²) in [5.74, 6) is -0.545. The molecule has 0 amide bonds. The van der Waals surface area contributed by atoms with Crippen molar-refractivity contribution in [3.05, 3.63) is 35.6 Å². The molecule has 1 fully saturated rings. The first-order valence-corrected chi connectivity index (χ1v) is 4.36. The molecule has 0 aliphatic carbocycles. The van der Waals surface area contributed by atoms with Gasteiger partial charge in [-0.3, -0.25) is 0 Å². The molecule has 5 heteroatoms. The average molecular weight is 220 g/mol. The van der Waals surface area contributed by atoms with Gasteiger partial charge in [0.1, 0.15) is 11.2 Å². The molecule has 2 rings (SSSR count). The van der Waals surface area contributed by atoms with Gasteiger partial charge < -0.3 is 4.74 Å². The van der Waals surface area contributed by atoms with Crippen LogP contribution >= 0.6 is 0 Å². The Balaban J connectivity index is 2.39. The molecule has 1 saturated heterocycles. The molecule has 0 atom stereocenters. The first-order chi connectivity index (χ1) is 6.96. The maximum Gasteiger partial charge on any atom is 0.402 e. The zero-order chi connectivity index (χ0) is 11.1. The summed E-state index contributed by atoms with van der Waals surface area (Å²) in [6.07, 6.45) is -4.36. The van der Waals surface area contributed by atoms with Gasteiger partial charge in [0.25, 0.3) is 0 Å². The van der Waals surface area contributed by atoms with E-state index in [1.165, 1.54) is 0 Å². The van der Waals surface area contributed by atoms with E-state index in [1.807, 2.05) is 0 Å². The standard InChI is InChI=1S/C10H8F4O/c11-8-3-1-7(2-4-8)9(5-15-6-9)10(12,13)14/h1-4H,5-6H2. The Morgan fingerprint density at radius 1 is 1.07 bits per heavy atom. The van der Waals surface area contributed by atoms with Crippen molar-refractivity contribution in [1.29, 1.82) is 0 Å². The SMILES string of the molecule is Fc1ccc(C2(C(F)(F)F)COC2)cc1. The monoisotopic (exact) mass is 220 g/mol. The zero-order valence-electron chi connectivity index (χ0n) is 7.64. The summed E-state index contributed by atoms with van der Waals surface area (Å²) in [6.45, 7) is -0.774. The van der Waals surface area contributed by atoms with Gasteiger partial charge in [0.2, 0.25) is 0 Å². The van der Waals surface area contributed by atoms with Crippen LogP contribution in [0.5, 0.6) is 0 Å². The van der Waals surface area contributed by atoms with Gasteiger partial charge in [0, 0.05) is 0 Å². The Morgan fingerprint density at radius 2 is 1.60 bits per heavy atom. The molecule has 0 aromatic heterocycles. The fourth-order valence-electron chi connectivity index (χ4n) is 1.57. The lowest BCUT2D eigenvalue weighted by molar-refractivity contribution is -0.262. The van der Waals surface area contributed by atoms with Gasteiger partial charge in [-0.2, -0.15) is 13.2 Å². The Morgan fingerprint density at radius 3 is 1.93 bits per heavy atom. The predicted molar refractivity (Wildman–Crippen MR) is 45.0 cm³/mol. The summed E-state index contributed by atoms with van der Waals surface area (Å²) in [6, 6.07) is 4.37. The highest BCUT2D eigenvalue weighted by Gasteiger charge is 2.60. The Bertz CT molecular complexity index is 351. The van der Waals surface area contributed by atoms with E-state index in [0.717, 1.165) is 24.3 Å². The fraction of sp³-hybridized carbons (Fsp3) is 0.400. The molecule has 1 aliphatic heterocycles. The third-order valence-corrected chi connectivity index (χ3v) is 2.64. The number of ether oxygens (including phenoxy) is 1. The summed E-state index contributed by atoms with van der Waals surface area (Å²) in [4.78, 5) is 0. The zero-order valence-corrected chi connectivity index (χ0v) is 7.64. The minimum Gasteiger partial charge on any atom is -0.379 e. The number of rotatable bonds is 1. The van der Waals surface area contributed by atoms with E-state index in [-0.39, 0.29) is 18.8 Å². The van der Waals surface area contributed by atoms with Crippen molar-refractivity contribution in [2.75, 3.05) is 13.2 Å². The summed E-state index contributed by atoms with van der Waals surface area (Å²) < 4.78 is 55.5. The minimum absolute atomic E-state index is 0.0580. The molecule has 1 aliphatic rings. The van der Waals surface area contributed by atoms with Crippen LogP contribution in [0.2, 0.25) is 0 Å². The molecule has 1 nitrogen and oxygen atoms in total. The van der Waals surface area contributed by atoms with Crippen molar-refractivity contribution in [3.8, 4) is 0 Å². The van der Waals surface area contributed by atoms with Crippen molar-refractivity contribution in [2.24, 2.45) is 0 Å². The van der Waals surface area contributed by atoms with Crippen LogP contribution in [0.4, 0.5) is 17.6 Å². The maximum absolute atomic E-state index is 12.8. The lowest BCUT2D eigenvalue weighted by atomic mass is 9.78. The third kappa shape index (κ3) is 1.51. The van der Waals surface area contributed by atoms with E-state index < -0.39 is 17.4 Å². The molecule has 0 saturated carbocycles. The van der Waals surface area contributed by atoms with Gasteiger partial charge in [0.05, 0.1) is 13.2 Å². The van der Waals surface area contributed by atoms with E-state index in [9.17, 15) is 17.6 Å². The van der Waals surface area contributed by atoms with Crippen LogP contribution < -0.4 is 0 Å². The van der Waals surface area contributed by atoms with E-state index in [2.05, 4.69) is 4.74 Å². The normalized spacial score (nSPS) is 19.7. The van der Waals surface area contributed by atoms with Gasteiger partial charge in [-0.25, -0.2) is 4.39 Å². The second kappa shape index (κ2) is 3.20. The number of alkyl halides is 3. The van der Waals surface area contributed by atoms with Crippen molar-refractivity contribution in [2.45, 2.75) is 11.6 Å². The molecule has 0 N–H and O–H groups in total. The fourth-order valence-corrected chi connectivity index (χ4v) is 1.57. The molecule has 1 aromatic rings. The van der Waals surface area contributed by atoms with Gasteiger partial charge in [-0.15, -0.1) is 0 Å². The summed E-state index contributed by atoms with van der Waals surface area (Å²) in [7, 11) is 0. The van der Waals surface area contributed by atoms with Crippen LogP contribution in [0.25, 0.3) is 0 Å².